The maximum Gasteiger partial charge on any atom is 0.222 e. The van der Waals surface area contributed by atoms with Gasteiger partial charge in [0.05, 0.1) is 12.2 Å². The van der Waals surface area contributed by atoms with E-state index in [1.165, 1.54) is 5.56 Å². The molecule has 6 heteroatoms. The molecule has 1 fully saturated rings. The number of nitrogens with zero attached hydrogens (tertiary/aromatic N) is 4. The third kappa shape index (κ3) is 4.11. The number of amides is 1. The quantitative estimate of drug-likeness (QED) is 0.618. The van der Waals surface area contributed by atoms with Gasteiger partial charge in [0.2, 0.25) is 5.91 Å². The standard InChI is InChI=1S/C21H21BrN4O/c22-19-9-5-4-6-16(19)10-11-21(27)25-13-12-18(14-25)26-15-20(23-24-26)17-7-2-1-3-8-17/h1-9,15,18H,10-14H2/t18-/m0/s1. The van der Waals surface area contributed by atoms with E-state index < -0.39 is 0 Å². The minimum absolute atomic E-state index is 0.197. The second-order valence-corrected chi connectivity index (χ2v) is 7.68. The molecular formula is C21H21BrN4O. The zero-order valence-corrected chi connectivity index (χ0v) is 16.5. The van der Waals surface area contributed by atoms with Crippen LogP contribution in [0.3, 0.4) is 0 Å². The fourth-order valence-electron chi connectivity index (χ4n) is 3.48. The van der Waals surface area contributed by atoms with Gasteiger partial charge in [0.1, 0.15) is 5.69 Å². The van der Waals surface area contributed by atoms with Crippen LogP contribution in [0.25, 0.3) is 11.3 Å². The Morgan fingerprint density at radius 2 is 1.89 bits per heavy atom. The average molecular weight is 425 g/mol. The summed E-state index contributed by atoms with van der Waals surface area (Å²) in [5.41, 5.74) is 3.10. The molecule has 1 aliphatic heterocycles. The van der Waals surface area contributed by atoms with Crippen LogP contribution in [0.1, 0.15) is 24.4 Å². The van der Waals surface area contributed by atoms with Gasteiger partial charge in [0.25, 0.3) is 0 Å². The number of hydrogen-bond acceptors (Lipinski definition) is 3. The first-order chi connectivity index (χ1) is 13.2. The second kappa shape index (κ2) is 8.05. The third-order valence-electron chi connectivity index (χ3n) is 5.04. The fourth-order valence-corrected chi connectivity index (χ4v) is 3.96. The van der Waals surface area contributed by atoms with Crippen LogP contribution in [-0.2, 0) is 11.2 Å². The molecule has 1 saturated heterocycles. The van der Waals surface area contributed by atoms with Gasteiger partial charge < -0.3 is 4.90 Å². The van der Waals surface area contributed by atoms with E-state index in [1.807, 2.05) is 64.3 Å². The monoisotopic (exact) mass is 424 g/mol. The molecule has 0 bridgehead atoms. The minimum Gasteiger partial charge on any atom is -0.340 e. The van der Waals surface area contributed by atoms with Crippen molar-refractivity contribution >= 4 is 21.8 Å². The number of likely N-dealkylation sites (tertiary alicyclic amines) is 1. The molecule has 0 unspecified atom stereocenters. The van der Waals surface area contributed by atoms with Crippen molar-refractivity contribution in [3.05, 3.63) is 70.8 Å². The average Bonchev–Trinajstić information content (AvgIpc) is 3.37. The van der Waals surface area contributed by atoms with Crippen LogP contribution >= 0.6 is 15.9 Å². The normalized spacial score (nSPS) is 16.6. The Morgan fingerprint density at radius 3 is 2.70 bits per heavy atom. The number of aryl methyl sites for hydroxylation is 1. The van der Waals surface area contributed by atoms with Crippen molar-refractivity contribution in [2.45, 2.75) is 25.3 Å². The molecule has 1 aliphatic rings. The molecule has 138 valence electrons. The van der Waals surface area contributed by atoms with Crippen LogP contribution in [0.5, 0.6) is 0 Å². The van der Waals surface area contributed by atoms with E-state index in [2.05, 4.69) is 32.3 Å². The predicted molar refractivity (Wildman–Crippen MR) is 108 cm³/mol. The van der Waals surface area contributed by atoms with Gasteiger partial charge in [-0.3, -0.25) is 4.79 Å². The van der Waals surface area contributed by atoms with Crippen LogP contribution in [0.4, 0.5) is 0 Å². The summed E-state index contributed by atoms with van der Waals surface area (Å²) in [5, 5.41) is 8.59. The highest BCUT2D eigenvalue weighted by Crippen LogP contribution is 2.24. The summed E-state index contributed by atoms with van der Waals surface area (Å²) >= 11 is 3.55. The molecule has 0 radical (unpaired) electrons. The summed E-state index contributed by atoms with van der Waals surface area (Å²) in [4.78, 5) is 14.5. The number of halogens is 1. The molecule has 3 aromatic rings. The fraction of sp³-hybridized carbons (Fsp3) is 0.286. The number of carbonyl (C=O) groups is 1. The van der Waals surface area contributed by atoms with Crippen LogP contribution in [-0.4, -0.2) is 38.9 Å². The van der Waals surface area contributed by atoms with Gasteiger partial charge in [-0.05, 0) is 24.5 Å². The van der Waals surface area contributed by atoms with Gasteiger partial charge in [-0.15, -0.1) is 5.10 Å². The van der Waals surface area contributed by atoms with E-state index in [0.717, 1.165) is 35.1 Å². The van der Waals surface area contributed by atoms with Gasteiger partial charge in [-0.2, -0.15) is 0 Å². The predicted octanol–water partition coefficient (Wildman–Crippen LogP) is 4.11. The summed E-state index contributed by atoms with van der Waals surface area (Å²) in [6, 6.07) is 18.3. The number of benzene rings is 2. The Hall–Kier alpha value is -2.47. The molecule has 0 spiro atoms. The van der Waals surface area contributed by atoms with E-state index in [1.54, 1.807) is 0 Å². The van der Waals surface area contributed by atoms with Gasteiger partial charge >= 0.3 is 0 Å². The van der Waals surface area contributed by atoms with E-state index >= 15 is 0 Å². The molecule has 5 nitrogen and oxygen atoms in total. The molecule has 0 saturated carbocycles. The lowest BCUT2D eigenvalue weighted by atomic mass is 10.1. The van der Waals surface area contributed by atoms with Crippen LogP contribution in [0.2, 0.25) is 0 Å². The molecule has 0 N–H and O–H groups in total. The maximum absolute atomic E-state index is 12.6. The summed E-state index contributed by atoms with van der Waals surface area (Å²) in [6.07, 6.45) is 4.18. The number of hydrogen-bond donors (Lipinski definition) is 0. The highest BCUT2D eigenvalue weighted by molar-refractivity contribution is 9.10. The van der Waals surface area contributed by atoms with Crippen LogP contribution < -0.4 is 0 Å². The lowest BCUT2D eigenvalue weighted by Crippen LogP contribution is -2.29. The Morgan fingerprint density at radius 1 is 1.11 bits per heavy atom. The van der Waals surface area contributed by atoms with E-state index in [9.17, 15) is 4.79 Å². The lowest BCUT2D eigenvalue weighted by Gasteiger charge is -2.16. The van der Waals surface area contributed by atoms with E-state index in [0.29, 0.717) is 13.0 Å². The van der Waals surface area contributed by atoms with Gasteiger partial charge in [0, 0.05) is 29.5 Å². The van der Waals surface area contributed by atoms with Crippen molar-refractivity contribution in [3.8, 4) is 11.3 Å². The third-order valence-corrected chi connectivity index (χ3v) is 5.81. The van der Waals surface area contributed by atoms with Gasteiger partial charge in [-0.1, -0.05) is 69.7 Å². The van der Waals surface area contributed by atoms with Crippen molar-refractivity contribution < 1.29 is 4.79 Å². The smallest absolute Gasteiger partial charge is 0.222 e. The number of rotatable bonds is 5. The molecule has 1 amide bonds. The minimum atomic E-state index is 0.197. The molecule has 27 heavy (non-hydrogen) atoms. The molecule has 1 aromatic heterocycles. The van der Waals surface area contributed by atoms with Crippen LogP contribution in [0, 0.1) is 0 Å². The SMILES string of the molecule is O=C(CCc1ccccc1Br)N1CC[C@H](n2cc(-c3ccccc3)nn2)C1. The Kier molecular flexibility index (Phi) is 5.34. The molecule has 1 atom stereocenters. The molecule has 4 rings (SSSR count). The summed E-state index contributed by atoms with van der Waals surface area (Å²) < 4.78 is 2.97. The molecular weight excluding hydrogens is 404 g/mol. The Balaban J connectivity index is 1.35. The molecule has 2 aromatic carbocycles. The Labute approximate surface area is 167 Å². The van der Waals surface area contributed by atoms with Crippen LogP contribution in [0.15, 0.2) is 65.3 Å². The van der Waals surface area contributed by atoms with Crippen molar-refractivity contribution in [2.24, 2.45) is 0 Å². The first-order valence-corrected chi connectivity index (χ1v) is 9.98. The summed E-state index contributed by atoms with van der Waals surface area (Å²) in [7, 11) is 0. The van der Waals surface area contributed by atoms with Crippen molar-refractivity contribution in [3.63, 3.8) is 0 Å². The number of aromatic nitrogens is 3. The van der Waals surface area contributed by atoms with Crippen molar-refractivity contribution in [1.29, 1.82) is 0 Å². The Bertz CT molecular complexity index is 925. The first-order valence-electron chi connectivity index (χ1n) is 9.19. The van der Waals surface area contributed by atoms with Gasteiger partial charge in [0.15, 0.2) is 0 Å². The largest absolute Gasteiger partial charge is 0.340 e. The highest BCUT2D eigenvalue weighted by Gasteiger charge is 2.28. The van der Waals surface area contributed by atoms with E-state index in [4.69, 9.17) is 0 Å². The topological polar surface area (TPSA) is 51.0 Å². The zero-order chi connectivity index (χ0) is 18.6. The summed E-state index contributed by atoms with van der Waals surface area (Å²) in [5.74, 6) is 0.205. The second-order valence-electron chi connectivity index (χ2n) is 6.82. The molecule has 0 aliphatic carbocycles. The van der Waals surface area contributed by atoms with Crippen molar-refractivity contribution in [2.75, 3.05) is 13.1 Å². The summed E-state index contributed by atoms with van der Waals surface area (Å²) in [6.45, 7) is 1.48. The van der Waals surface area contributed by atoms with Gasteiger partial charge in [-0.25, -0.2) is 4.68 Å². The van der Waals surface area contributed by atoms with E-state index in [-0.39, 0.29) is 11.9 Å². The lowest BCUT2D eigenvalue weighted by molar-refractivity contribution is -0.130. The van der Waals surface area contributed by atoms with Crippen molar-refractivity contribution in [1.82, 2.24) is 19.9 Å². The highest BCUT2D eigenvalue weighted by atomic mass is 79.9. The first kappa shape index (κ1) is 17.9. The zero-order valence-electron chi connectivity index (χ0n) is 15.0. The maximum atomic E-state index is 12.6. The molecule has 2 heterocycles. The number of carbonyl (C=O) groups excluding carboxylic acids is 1.